The third kappa shape index (κ3) is 8.87. The van der Waals surface area contributed by atoms with Crippen molar-refractivity contribution in [2.75, 3.05) is 0 Å². The Balaban J connectivity index is 0. The van der Waals surface area contributed by atoms with Gasteiger partial charge in [-0.25, -0.2) is 0 Å². The second-order valence-corrected chi connectivity index (χ2v) is 0. The molecule has 0 fully saturated rings. The Morgan fingerprint density at radius 3 is 1.00 bits per heavy atom. The molecular formula is H3AsCdCrHg. The molecule has 4 heteroatoms. The fraction of sp³-hybridized carbons (Fsp3) is 0. The van der Waals surface area contributed by atoms with Gasteiger partial charge in [-0.2, -0.15) is 0 Å². The topological polar surface area (TPSA) is 0 Å². The summed E-state index contributed by atoms with van der Waals surface area (Å²) in [7, 11) is 0. The molecule has 0 aromatic rings. The third-order valence-corrected chi connectivity index (χ3v) is 0. The van der Waals surface area contributed by atoms with Gasteiger partial charge in [0, 0.05) is 72.3 Å². The predicted octanol–water partition coefficient (Wildman–Crippen LogP) is -1.19. The van der Waals surface area contributed by atoms with Crippen LogP contribution in [0.4, 0.5) is 0 Å². The van der Waals surface area contributed by atoms with E-state index in [-0.39, 0.29) is 90.3 Å². The number of hydrogen-bond acceptors (Lipinski definition) is 0. The van der Waals surface area contributed by atoms with Crippen LogP contribution in [0.3, 0.4) is 0 Å². The van der Waals surface area contributed by atoms with Crippen LogP contribution in [0, 0.1) is 0 Å². The van der Waals surface area contributed by atoms with Crippen LogP contribution in [0.2, 0.25) is 0 Å². The van der Waals surface area contributed by atoms with Gasteiger partial charge in [0.1, 0.15) is 0 Å². The quantitative estimate of drug-likeness (QED) is 0.414. The van der Waals surface area contributed by atoms with Crippen molar-refractivity contribution in [3.63, 3.8) is 0 Å². The number of hydrogen-bond donors (Lipinski definition) is 0. The molecule has 0 bridgehead atoms. The van der Waals surface area contributed by atoms with Gasteiger partial charge in [-0.05, 0) is 0 Å². The Labute approximate surface area is 88.6 Å². The average molecular weight is 443 g/mol. The molecule has 0 aromatic heterocycles. The SMILES string of the molecule is [AsH3].[Cd].[Cr].[Hg]. The zero-order chi connectivity index (χ0) is 0. The maximum atomic E-state index is 0. The second-order valence-electron chi connectivity index (χ2n) is 0. The molecule has 0 heterocycles. The Kier molecular flexibility index (Phi) is 118. The Morgan fingerprint density at radius 2 is 1.00 bits per heavy atom. The molecule has 1 unspecified atom stereocenters. The Morgan fingerprint density at radius 1 is 1.00 bits per heavy atom. The fourth-order valence-corrected chi connectivity index (χ4v) is 0. The molecule has 4 heavy (non-hydrogen) atoms. The van der Waals surface area contributed by atoms with Gasteiger partial charge in [0.25, 0.3) is 0 Å². The maximum Gasteiger partial charge on any atom is 0 e. The fourth-order valence-electron chi connectivity index (χ4n) is 0. The first-order valence-electron chi connectivity index (χ1n) is 0. The van der Waals surface area contributed by atoms with Crippen molar-refractivity contribution < 1.29 is 72.3 Å². The normalized spacial score (nSPS) is 0. The van der Waals surface area contributed by atoms with E-state index in [0.717, 1.165) is 0 Å². The van der Waals surface area contributed by atoms with Crippen LogP contribution < -0.4 is 0 Å². The van der Waals surface area contributed by atoms with Crippen LogP contribution in [0.5, 0.6) is 0 Å². The molecule has 0 aliphatic rings. The maximum absolute atomic E-state index is 0. The molecule has 0 aliphatic carbocycles. The van der Waals surface area contributed by atoms with Gasteiger partial charge in [-0.3, -0.25) is 0 Å². The minimum absolute atomic E-state index is 0. The van der Waals surface area contributed by atoms with Gasteiger partial charge in [0.15, 0.2) is 0 Å². The summed E-state index contributed by atoms with van der Waals surface area (Å²) in [5.41, 5.74) is 0. The second kappa shape index (κ2) is 16.8. The summed E-state index contributed by atoms with van der Waals surface area (Å²) in [6.07, 6.45) is 0. The summed E-state index contributed by atoms with van der Waals surface area (Å²) in [4.78, 5) is 0. The Hall–Kier alpha value is 2.95. The van der Waals surface area contributed by atoms with Gasteiger partial charge in [0.2, 0.25) is 0 Å². The van der Waals surface area contributed by atoms with Crippen LogP contribution in [0.1, 0.15) is 0 Å². The van der Waals surface area contributed by atoms with Crippen LogP contribution in [-0.4, -0.2) is 18.0 Å². The van der Waals surface area contributed by atoms with E-state index in [4.69, 9.17) is 0 Å². The molecule has 0 spiro atoms. The minimum Gasteiger partial charge on any atom is 0 e. The molecule has 1 atom stereocenters. The van der Waals surface area contributed by atoms with Crippen molar-refractivity contribution in [3.8, 4) is 0 Å². The summed E-state index contributed by atoms with van der Waals surface area (Å²) in [5, 5.41) is 0. The molecule has 0 radical (unpaired) electrons. The third-order valence-electron chi connectivity index (χ3n) is 0. The van der Waals surface area contributed by atoms with Gasteiger partial charge < -0.3 is 0 Å². The van der Waals surface area contributed by atoms with Crippen molar-refractivity contribution in [1.29, 1.82) is 0 Å². The zero-order valence-corrected chi connectivity index (χ0v) is 16.3. The van der Waals surface area contributed by atoms with E-state index in [1.54, 1.807) is 0 Å². The van der Waals surface area contributed by atoms with Crippen LogP contribution in [-0.2, 0) is 72.3 Å². The van der Waals surface area contributed by atoms with E-state index in [0.29, 0.717) is 0 Å². The van der Waals surface area contributed by atoms with Gasteiger partial charge in [-0.1, -0.05) is 0 Å². The predicted molar refractivity (Wildman–Crippen MR) is 9.94 cm³/mol. The first kappa shape index (κ1) is 28.3. The molecule has 0 rings (SSSR count). The molecule has 0 saturated heterocycles. The largest absolute Gasteiger partial charge is 0 e. The summed E-state index contributed by atoms with van der Waals surface area (Å²) in [6.45, 7) is 0. The molecule has 0 amide bonds. The molecule has 0 nitrogen and oxygen atoms in total. The van der Waals surface area contributed by atoms with Crippen molar-refractivity contribution in [2.45, 2.75) is 0 Å². The van der Waals surface area contributed by atoms with Crippen molar-refractivity contribution in [3.05, 3.63) is 0 Å². The molecule has 0 aliphatic heterocycles. The zero-order valence-electron chi connectivity index (χ0n) is 2.53. The van der Waals surface area contributed by atoms with Crippen molar-refractivity contribution >= 4 is 18.0 Å². The van der Waals surface area contributed by atoms with E-state index < -0.39 is 0 Å². The molecule has 18 valence electrons. The summed E-state index contributed by atoms with van der Waals surface area (Å²) >= 11 is 0. The van der Waals surface area contributed by atoms with E-state index in [2.05, 4.69) is 0 Å². The van der Waals surface area contributed by atoms with Gasteiger partial charge in [0.05, 0.1) is 0 Å². The molecule has 0 aromatic carbocycles. The number of rotatable bonds is 0. The minimum atomic E-state index is 0. The van der Waals surface area contributed by atoms with Crippen LogP contribution in [0.15, 0.2) is 0 Å². The molecule has 0 N–H and O–H groups in total. The first-order valence-corrected chi connectivity index (χ1v) is 0. The van der Waals surface area contributed by atoms with E-state index in [9.17, 15) is 0 Å². The standard InChI is InChI=1S/AsH3.Cd.Cr.Hg/h1H3;;;. The van der Waals surface area contributed by atoms with Crippen LogP contribution in [0.25, 0.3) is 0 Å². The van der Waals surface area contributed by atoms with E-state index in [1.807, 2.05) is 0 Å². The molecular weight excluding hydrogens is 440 g/mol. The average Bonchev–Trinajstić information content (AvgIpc) is 0. The van der Waals surface area contributed by atoms with Gasteiger partial charge in [-0.15, -0.1) is 0 Å². The molecule has 0 saturated carbocycles. The Bertz CT molecular complexity index is 8.00. The van der Waals surface area contributed by atoms with Crippen LogP contribution >= 0.6 is 0 Å². The van der Waals surface area contributed by atoms with Crippen molar-refractivity contribution in [2.24, 2.45) is 0 Å². The first-order chi connectivity index (χ1) is 0. The summed E-state index contributed by atoms with van der Waals surface area (Å²) in [6, 6.07) is 0. The van der Waals surface area contributed by atoms with E-state index in [1.165, 1.54) is 0 Å². The smallest absolute Gasteiger partial charge is 0 e. The van der Waals surface area contributed by atoms with E-state index >= 15 is 0 Å². The summed E-state index contributed by atoms with van der Waals surface area (Å²) in [5.74, 6) is 0. The monoisotopic (exact) mass is 446 g/mol. The van der Waals surface area contributed by atoms with Crippen molar-refractivity contribution in [1.82, 2.24) is 0 Å². The van der Waals surface area contributed by atoms with Gasteiger partial charge >= 0.3 is 18.0 Å². The summed E-state index contributed by atoms with van der Waals surface area (Å²) < 4.78 is 0.